The summed E-state index contributed by atoms with van der Waals surface area (Å²) in [5.74, 6) is 0.526. The van der Waals surface area contributed by atoms with Crippen molar-refractivity contribution < 1.29 is 9.59 Å². The number of hydrogen-bond acceptors (Lipinski definition) is 4. The smallest absolute Gasteiger partial charge is 0.236 e. The van der Waals surface area contributed by atoms with E-state index in [-0.39, 0.29) is 41.5 Å². The lowest BCUT2D eigenvalue weighted by molar-refractivity contribution is -0.134. The van der Waals surface area contributed by atoms with E-state index in [1.54, 1.807) is 4.90 Å². The third-order valence-electron chi connectivity index (χ3n) is 7.72. The van der Waals surface area contributed by atoms with Gasteiger partial charge in [0.05, 0.1) is 24.1 Å². The fraction of sp³-hybridized carbons (Fsp3) is 0.400. The molecule has 4 aliphatic rings. The van der Waals surface area contributed by atoms with Crippen molar-refractivity contribution in [3.63, 3.8) is 0 Å². The Kier molecular flexibility index (Phi) is 3.79. The van der Waals surface area contributed by atoms with Crippen molar-refractivity contribution in [1.82, 2.24) is 0 Å². The summed E-state index contributed by atoms with van der Waals surface area (Å²) in [6.45, 7) is 7.10. The number of anilines is 2. The van der Waals surface area contributed by atoms with Gasteiger partial charge in [0, 0.05) is 30.1 Å². The van der Waals surface area contributed by atoms with E-state index in [1.807, 2.05) is 42.2 Å². The van der Waals surface area contributed by atoms with Gasteiger partial charge in [-0.05, 0) is 44.0 Å². The van der Waals surface area contributed by atoms with Crippen LogP contribution in [-0.4, -0.2) is 23.7 Å². The third-order valence-corrected chi connectivity index (χ3v) is 7.72. The van der Waals surface area contributed by atoms with E-state index in [2.05, 4.69) is 19.9 Å². The van der Waals surface area contributed by atoms with Gasteiger partial charge in [-0.3, -0.25) is 19.5 Å². The van der Waals surface area contributed by atoms with Gasteiger partial charge in [-0.25, -0.2) is 0 Å². The summed E-state index contributed by atoms with van der Waals surface area (Å²) in [5.41, 5.74) is 12.2. The van der Waals surface area contributed by atoms with E-state index in [0.717, 1.165) is 39.5 Å². The van der Waals surface area contributed by atoms with Crippen LogP contribution >= 0.6 is 0 Å². The molecule has 5 unspecified atom stereocenters. The van der Waals surface area contributed by atoms with Crippen molar-refractivity contribution >= 4 is 29.0 Å². The molecule has 0 spiro atoms. The lowest BCUT2D eigenvalue weighted by Crippen LogP contribution is -2.50. The number of amides is 2. The molecule has 2 amide bonds. The molecule has 3 heterocycles. The molecule has 3 aliphatic heterocycles. The minimum Gasteiger partial charge on any atom is -0.326 e. The average molecular weight is 415 g/mol. The number of carbonyl (C=O) groups is 2. The summed E-state index contributed by atoms with van der Waals surface area (Å²) in [6.07, 6.45) is 0. The number of aryl methyl sites for hydroxylation is 2. The van der Waals surface area contributed by atoms with E-state index >= 15 is 0 Å². The maximum Gasteiger partial charge on any atom is 0.236 e. The molecule has 2 saturated heterocycles. The predicted molar refractivity (Wildman–Crippen MR) is 120 cm³/mol. The summed E-state index contributed by atoms with van der Waals surface area (Å²) in [5, 5.41) is 0. The van der Waals surface area contributed by atoms with Crippen molar-refractivity contribution in [3.05, 3.63) is 58.7 Å². The highest BCUT2D eigenvalue weighted by Gasteiger charge is 2.71. The van der Waals surface area contributed by atoms with Gasteiger partial charge in [0.15, 0.2) is 0 Å². The molecule has 6 nitrogen and oxygen atoms in total. The molecular formula is C25H26N4O2. The second-order valence-electron chi connectivity index (χ2n) is 9.42. The fourth-order valence-corrected chi connectivity index (χ4v) is 6.38. The Morgan fingerprint density at radius 1 is 0.968 bits per heavy atom. The number of hydrogen-bond donors (Lipinski definition) is 1. The Hall–Kier alpha value is -2.99. The second kappa shape index (κ2) is 6.26. The van der Waals surface area contributed by atoms with Gasteiger partial charge in [0.1, 0.15) is 5.84 Å². The summed E-state index contributed by atoms with van der Waals surface area (Å²) in [7, 11) is 0. The fourth-order valence-electron chi connectivity index (χ4n) is 6.38. The number of nitrogens with zero attached hydrogens (tertiary/aromatic N) is 3. The molecule has 3 fully saturated rings. The van der Waals surface area contributed by atoms with Gasteiger partial charge >= 0.3 is 0 Å². The van der Waals surface area contributed by atoms with Gasteiger partial charge in [-0.1, -0.05) is 35.4 Å². The van der Waals surface area contributed by atoms with Crippen LogP contribution in [-0.2, 0) is 22.7 Å². The number of benzene rings is 2. The van der Waals surface area contributed by atoms with E-state index in [4.69, 9.17) is 10.7 Å². The molecule has 2 aromatic carbocycles. The highest BCUT2D eigenvalue weighted by atomic mass is 16.2. The maximum atomic E-state index is 13.6. The zero-order valence-corrected chi connectivity index (χ0v) is 18.0. The Bertz CT molecular complexity index is 1190. The molecule has 5 atom stereocenters. The van der Waals surface area contributed by atoms with Crippen LogP contribution in [0.15, 0.2) is 41.4 Å². The van der Waals surface area contributed by atoms with Crippen LogP contribution in [0.1, 0.15) is 29.2 Å². The van der Waals surface area contributed by atoms with E-state index < -0.39 is 0 Å². The van der Waals surface area contributed by atoms with Gasteiger partial charge in [-0.15, -0.1) is 0 Å². The molecule has 2 aromatic rings. The monoisotopic (exact) mass is 414 g/mol. The van der Waals surface area contributed by atoms with E-state index in [9.17, 15) is 9.59 Å². The lowest BCUT2D eigenvalue weighted by atomic mass is 9.57. The first-order valence-electron chi connectivity index (χ1n) is 11.0. The van der Waals surface area contributed by atoms with Crippen molar-refractivity contribution in [2.75, 3.05) is 9.80 Å². The standard InChI is InChI=1S/C25H26N4O2/c1-12-4-6-17(15(8-12)10-26)28-14(3)19-21(24(28)30)20-22(19)25(31)29-18-7-5-13(2)9-16(18)11-27-23(20)29/h4-9,14,19-22H,10-11,26H2,1-3H3. The first-order valence-corrected chi connectivity index (χ1v) is 11.0. The number of aliphatic imine (C=N–C) groups is 1. The quantitative estimate of drug-likeness (QED) is 0.821. The molecule has 6 heteroatoms. The maximum absolute atomic E-state index is 13.6. The van der Waals surface area contributed by atoms with Crippen LogP contribution in [0.5, 0.6) is 0 Å². The Labute approximate surface area is 181 Å². The number of rotatable bonds is 2. The van der Waals surface area contributed by atoms with E-state index in [0.29, 0.717) is 13.1 Å². The number of carbonyl (C=O) groups excluding carboxylic acids is 2. The van der Waals surface area contributed by atoms with Crippen LogP contribution in [0, 0.1) is 37.5 Å². The summed E-state index contributed by atoms with van der Waals surface area (Å²) in [6, 6.07) is 12.2. The minimum absolute atomic E-state index is 0.0131. The summed E-state index contributed by atoms with van der Waals surface area (Å²) < 4.78 is 0. The van der Waals surface area contributed by atoms with Crippen LogP contribution < -0.4 is 15.5 Å². The third kappa shape index (κ3) is 2.28. The first-order chi connectivity index (χ1) is 14.9. The molecule has 0 radical (unpaired) electrons. The molecule has 31 heavy (non-hydrogen) atoms. The molecular weight excluding hydrogens is 388 g/mol. The molecule has 1 aliphatic carbocycles. The molecule has 1 saturated carbocycles. The van der Waals surface area contributed by atoms with Crippen molar-refractivity contribution in [2.45, 2.75) is 39.9 Å². The van der Waals surface area contributed by atoms with Gasteiger partial charge in [0.2, 0.25) is 11.8 Å². The first kappa shape index (κ1) is 18.8. The number of amidine groups is 1. The van der Waals surface area contributed by atoms with Crippen LogP contribution in [0.4, 0.5) is 11.4 Å². The molecule has 2 N–H and O–H groups in total. The van der Waals surface area contributed by atoms with Gasteiger partial charge < -0.3 is 10.6 Å². The molecule has 158 valence electrons. The van der Waals surface area contributed by atoms with Crippen molar-refractivity contribution in [3.8, 4) is 0 Å². The largest absolute Gasteiger partial charge is 0.326 e. The highest BCUT2D eigenvalue weighted by molar-refractivity contribution is 6.28. The molecule has 6 rings (SSSR count). The highest BCUT2D eigenvalue weighted by Crippen LogP contribution is 2.60. The Morgan fingerprint density at radius 2 is 1.65 bits per heavy atom. The minimum atomic E-state index is -0.188. The summed E-state index contributed by atoms with van der Waals surface area (Å²) in [4.78, 5) is 35.7. The van der Waals surface area contributed by atoms with Crippen LogP contribution in [0.2, 0.25) is 0 Å². The summed E-state index contributed by atoms with van der Waals surface area (Å²) >= 11 is 0. The SMILES string of the molecule is Cc1ccc2c(c1)CN=C1C3C(C(=O)N12)C1C3C(=O)N(c2ccc(C)cc2CN)C1C. The van der Waals surface area contributed by atoms with Crippen LogP contribution in [0.3, 0.4) is 0 Å². The van der Waals surface area contributed by atoms with Crippen molar-refractivity contribution in [2.24, 2.45) is 34.4 Å². The van der Waals surface area contributed by atoms with Gasteiger partial charge in [-0.2, -0.15) is 0 Å². The topological polar surface area (TPSA) is 79.0 Å². The zero-order valence-electron chi connectivity index (χ0n) is 18.0. The normalized spacial score (nSPS) is 30.5. The number of fused-ring (bicyclic) bond motifs is 8. The van der Waals surface area contributed by atoms with Crippen LogP contribution in [0.25, 0.3) is 0 Å². The van der Waals surface area contributed by atoms with Crippen molar-refractivity contribution in [1.29, 1.82) is 0 Å². The number of nitrogens with two attached hydrogens (primary N) is 1. The van der Waals surface area contributed by atoms with Gasteiger partial charge in [0.25, 0.3) is 0 Å². The molecule has 0 bridgehead atoms. The Balaban J connectivity index is 1.39. The predicted octanol–water partition coefficient (Wildman–Crippen LogP) is 2.93. The Morgan fingerprint density at radius 3 is 2.39 bits per heavy atom. The van der Waals surface area contributed by atoms with E-state index in [1.165, 1.54) is 0 Å². The second-order valence-corrected chi connectivity index (χ2v) is 9.42. The molecule has 0 aromatic heterocycles. The lowest BCUT2D eigenvalue weighted by Gasteiger charge is -2.41. The zero-order chi connectivity index (χ0) is 21.6. The average Bonchev–Trinajstić information content (AvgIpc) is 3.08.